The zero-order chi connectivity index (χ0) is 13.9. The Labute approximate surface area is 117 Å². The highest BCUT2D eigenvalue weighted by Gasteiger charge is 2.13. The largest absolute Gasteiger partial charge is 0.455 e. The van der Waals surface area contributed by atoms with Gasteiger partial charge in [-0.2, -0.15) is 0 Å². The van der Waals surface area contributed by atoms with Gasteiger partial charge in [-0.3, -0.25) is 4.79 Å². The molecule has 20 heavy (non-hydrogen) atoms. The fraction of sp³-hybridized carbons (Fsp3) is 0.0556. The first kappa shape index (κ1) is 12.4. The van der Waals surface area contributed by atoms with Crippen molar-refractivity contribution in [2.24, 2.45) is 0 Å². The van der Waals surface area contributed by atoms with Crippen molar-refractivity contribution < 1.29 is 9.21 Å². The van der Waals surface area contributed by atoms with Gasteiger partial charge in [0.2, 0.25) is 0 Å². The van der Waals surface area contributed by atoms with Crippen molar-refractivity contribution in [1.29, 1.82) is 0 Å². The van der Waals surface area contributed by atoms with E-state index in [1.54, 1.807) is 6.07 Å². The van der Waals surface area contributed by atoms with Crippen LogP contribution in [-0.4, -0.2) is 6.29 Å². The van der Waals surface area contributed by atoms with Crippen LogP contribution in [0.25, 0.3) is 22.6 Å². The number of hydrogen-bond acceptors (Lipinski definition) is 2. The highest BCUT2D eigenvalue weighted by Crippen LogP contribution is 2.31. The lowest BCUT2D eigenvalue weighted by molar-refractivity contribution is 0.112. The van der Waals surface area contributed by atoms with Gasteiger partial charge in [-0.1, -0.05) is 60.2 Å². The van der Waals surface area contributed by atoms with Gasteiger partial charge in [-0.15, -0.1) is 0 Å². The lowest BCUT2D eigenvalue weighted by atomic mass is 10.1. The molecule has 2 aromatic carbocycles. The lowest BCUT2D eigenvalue weighted by Crippen LogP contribution is -1.79. The van der Waals surface area contributed by atoms with Crippen LogP contribution >= 0.6 is 0 Å². The van der Waals surface area contributed by atoms with Crippen LogP contribution in [0.1, 0.15) is 15.9 Å². The van der Waals surface area contributed by atoms with Gasteiger partial charge >= 0.3 is 0 Å². The van der Waals surface area contributed by atoms with Gasteiger partial charge in [0.05, 0.1) is 5.56 Å². The maximum Gasteiger partial charge on any atom is 0.153 e. The molecule has 0 amide bonds. The molecule has 0 radical (unpaired) electrons. The molecule has 3 aromatic rings. The average molecular weight is 262 g/mol. The number of aldehydes is 1. The predicted octanol–water partition coefficient (Wildman–Crippen LogP) is 4.73. The first-order chi connectivity index (χ1) is 9.78. The first-order valence-corrected chi connectivity index (χ1v) is 6.49. The molecule has 0 aliphatic heterocycles. The summed E-state index contributed by atoms with van der Waals surface area (Å²) in [6.07, 6.45) is 0.837. The van der Waals surface area contributed by atoms with E-state index in [-0.39, 0.29) is 0 Å². The summed E-state index contributed by atoms with van der Waals surface area (Å²) in [6.45, 7) is 2.04. The van der Waals surface area contributed by atoms with E-state index in [2.05, 4.69) is 0 Å². The van der Waals surface area contributed by atoms with E-state index >= 15 is 0 Å². The molecule has 0 saturated carbocycles. The Morgan fingerprint density at radius 2 is 1.60 bits per heavy atom. The van der Waals surface area contributed by atoms with E-state index in [4.69, 9.17) is 4.42 Å². The fourth-order valence-corrected chi connectivity index (χ4v) is 2.17. The Morgan fingerprint density at radius 1 is 0.900 bits per heavy atom. The summed E-state index contributed by atoms with van der Waals surface area (Å²) < 4.78 is 5.89. The van der Waals surface area contributed by atoms with Crippen LogP contribution in [0.2, 0.25) is 0 Å². The standard InChI is InChI=1S/C18H14O2/c1-13-7-9-14(10-8-13)17-11-16(12-19)18(20-17)15-5-3-2-4-6-15/h2-12H,1H3. The molecule has 98 valence electrons. The summed E-state index contributed by atoms with van der Waals surface area (Å²) in [6, 6.07) is 19.5. The Hall–Kier alpha value is -2.61. The smallest absolute Gasteiger partial charge is 0.153 e. The molecule has 0 atom stereocenters. The Kier molecular flexibility index (Phi) is 3.21. The topological polar surface area (TPSA) is 30.2 Å². The summed E-state index contributed by atoms with van der Waals surface area (Å²) in [4.78, 5) is 11.2. The van der Waals surface area contributed by atoms with E-state index in [1.165, 1.54) is 5.56 Å². The van der Waals surface area contributed by atoms with E-state index < -0.39 is 0 Å². The Morgan fingerprint density at radius 3 is 2.25 bits per heavy atom. The molecule has 0 aliphatic rings. The Bertz CT molecular complexity index is 722. The number of furan rings is 1. The van der Waals surface area contributed by atoms with Gasteiger partial charge in [0, 0.05) is 11.1 Å². The zero-order valence-electron chi connectivity index (χ0n) is 11.2. The Balaban J connectivity index is 2.09. The van der Waals surface area contributed by atoms with E-state index in [9.17, 15) is 4.79 Å². The molecule has 0 bridgehead atoms. The number of benzene rings is 2. The summed E-state index contributed by atoms with van der Waals surface area (Å²) in [7, 11) is 0. The third-order valence-electron chi connectivity index (χ3n) is 3.26. The van der Waals surface area contributed by atoms with Crippen molar-refractivity contribution in [2.45, 2.75) is 6.92 Å². The molecule has 1 heterocycles. The van der Waals surface area contributed by atoms with Crippen LogP contribution in [0.5, 0.6) is 0 Å². The van der Waals surface area contributed by atoms with Crippen LogP contribution in [0.15, 0.2) is 65.1 Å². The van der Waals surface area contributed by atoms with Crippen LogP contribution in [0.3, 0.4) is 0 Å². The molecule has 0 N–H and O–H groups in total. The van der Waals surface area contributed by atoms with Gasteiger partial charge in [0.15, 0.2) is 6.29 Å². The molecular formula is C18H14O2. The van der Waals surface area contributed by atoms with Crippen LogP contribution in [0.4, 0.5) is 0 Å². The van der Waals surface area contributed by atoms with Gasteiger partial charge in [-0.05, 0) is 13.0 Å². The monoisotopic (exact) mass is 262 g/mol. The SMILES string of the molecule is Cc1ccc(-c2cc(C=O)c(-c3ccccc3)o2)cc1. The molecule has 0 aliphatic carbocycles. The molecule has 2 nitrogen and oxygen atoms in total. The molecule has 0 spiro atoms. The van der Waals surface area contributed by atoms with Gasteiger partial charge < -0.3 is 4.42 Å². The second-order valence-electron chi connectivity index (χ2n) is 4.75. The van der Waals surface area contributed by atoms with Crippen LogP contribution in [0, 0.1) is 6.92 Å². The predicted molar refractivity (Wildman–Crippen MR) is 79.7 cm³/mol. The third-order valence-corrected chi connectivity index (χ3v) is 3.26. The number of hydrogen-bond donors (Lipinski definition) is 0. The lowest BCUT2D eigenvalue weighted by Gasteiger charge is -1.99. The summed E-state index contributed by atoms with van der Waals surface area (Å²) >= 11 is 0. The molecule has 0 unspecified atom stereocenters. The maximum atomic E-state index is 11.2. The molecule has 3 rings (SSSR count). The van der Waals surface area contributed by atoms with E-state index in [0.717, 1.165) is 17.4 Å². The highest BCUT2D eigenvalue weighted by atomic mass is 16.3. The van der Waals surface area contributed by atoms with Crippen molar-refractivity contribution in [3.8, 4) is 22.6 Å². The van der Waals surface area contributed by atoms with E-state index in [1.807, 2.05) is 61.5 Å². The fourth-order valence-electron chi connectivity index (χ4n) is 2.17. The number of aryl methyl sites for hydroxylation is 1. The second-order valence-corrected chi connectivity index (χ2v) is 4.75. The second kappa shape index (κ2) is 5.17. The summed E-state index contributed by atoms with van der Waals surface area (Å²) in [5.41, 5.74) is 3.65. The molecular weight excluding hydrogens is 248 g/mol. The van der Waals surface area contributed by atoms with E-state index in [0.29, 0.717) is 17.1 Å². The van der Waals surface area contributed by atoms with Gasteiger partial charge in [-0.25, -0.2) is 0 Å². The van der Waals surface area contributed by atoms with Crippen molar-refractivity contribution >= 4 is 6.29 Å². The molecule has 2 heteroatoms. The third kappa shape index (κ3) is 2.28. The number of carbonyl (C=O) groups excluding carboxylic acids is 1. The number of carbonyl (C=O) groups is 1. The minimum atomic E-state index is 0.576. The minimum absolute atomic E-state index is 0.576. The van der Waals surface area contributed by atoms with Crippen molar-refractivity contribution in [1.82, 2.24) is 0 Å². The normalized spacial score (nSPS) is 10.4. The van der Waals surface area contributed by atoms with Crippen LogP contribution in [-0.2, 0) is 0 Å². The number of rotatable bonds is 3. The van der Waals surface area contributed by atoms with Crippen molar-refractivity contribution in [2.75, 3.05) is 0 Å². The summed E-state index contributed by atoms with van der Waals surface area (Å²) in [5, 5.41) is 0. The first-order valence-electron chi connectivity index (χ1n) is 6.49. The maximum absolute atomic E-state index is 11.2. The molecule has 0 saturated heterocycles. The van der Waals surface area contributed by atoms with Crippen molar-refractivity contribution in [3.05, 3.63) is 71.8 Å². The molecule has 0 fully saturated rings. The molecule has 1 aromatic heterocycles. The summed E-state index contributed by atoms with van der Waals surface area (Å²) in [5.74, 6) is 1.34. The quantitative estimate of drug-likeness (QED) is 0.638. The van der Waals surface area contributed by atoms with Crippen LogP contribution < -0.4 is 0 Å². The van der Waals surface area contributed by atoms with Crippen molar-refractivity contribution in [3.63, 3.8) is 0 Å². The minimum Gasteiger partial charge on any atom is -0.455 e. The van der Waals surface area contributed by atoms with Gasteiger partial charge in [0.1, 0.15) is 11.5 Å². The average Bonchev–Trinajstić information content (AvgIpc) is 2.93. The highest BCUT2D eigenvalue weighted by molar-refractivity contribution is 5.87. The van der Waals surface area contributed by atoms with Gasteiger partial charge in [0.25, 0.3) is 0 Å². The zero-order valence-corrected chi connectivity index (χ0v) is 11.2.